The van der Waals surface area contributed by atoms with Crippen LogP contribution in [-0.4, -0.2) is 0 Å². The van der Waals surface area contributed by atoms with Crippen molar-refractivity contribution in [3.05, 3.63) is 53.1 Å². The molecule has 0 heterocycles. The van der Waals surface area contributed by atoms with Gasteiger partial charge in [0.05, 0.1) is 22.1 Å². The van der Waals surface area contributed by atoms with E-state index in [4.69, 9.17) is 17.3 Å². The van der Waals surface area contributed by atoms with Gasteiger partial charge in [0.25, 0.3) is 0 Å². The molecule has 0 aliphatic rings. The molecular formula is C12H9ClF2N2. The van der Waals surface area contributed by atoms with Gasteiger partial charge in [-0.25, -0.2) is 8.78 Å². The molecule has 2 aromatic carbocycles. The van der Waals surface area contributed by atoms with Crippen LogP contribution in [-0.2, 0) is 0 Å². The maximum atomic E-state index is 13.4. The number of para-hydroxylation sites is 1. The van der Waals surface area contributed by atoms with E-state index in [1.165, 1.54) is 0 Å². The maximum absolute atomic E-state index is 13.4. The fraction of sp³-hybridized carbons (Fsp3) is 0. The van der Waals surface area contributed by atoms with Crippen LogP contribution < -0.4 is 11.1 Å². The zero-order chi connectivity index (χ0) is 12.4. The molecule has 0 aromatic heterocycles. The van der Waals surface area contributed by atoms with Crippen molar-refractivity contribution in [2.24, 2.45) is 0 Å². The number of benzene rings is 2. The minimum absolute atomic E-state index is 0.00944. The largest absolute Gasteiger partial charge is 0.397 e. The van der Waals surface area contributed by atoms with E-state index in [9.17, 15) is 8.78 Å². The summed E-state index contributed by atoms with van der Waals surface area (Å²) >= 11 is 5.91. The second-order valence-corrected chi connectivity index (χ2v) is 3.86. The van der Waals surface area contributed by atoms with Gasteiger partial charge in [-0.3, -0.25) is 0 Å². The monoisotopic (exact) mass is 254 g/mol. The van der Waals surface area contributed by atoms with Crippen molar-refractivity contribution >= 4 is 28.7 Å². The van der Waals surface area contributed by atoms with Gasteiger partial charge in [0, 0.05) is 6.07 Å². The van der Waals surface area contributed by atoms with Crippen LogP contribution >= 0.6 is 11.6 Å². The first-order chi connectivity index (χ1) is 8.08. The van der Waals surface area contributed by atoms with E-state index in [1.54, 1.807) is 18.2 Å². The average molecular weight is 255 g/mol. The number of rotatable bonds is 2. The smallest absolute Gasteiger partial charge is 0.146 e. The normalized spacial score (nSPS) is 10.3. The summed E-state index contributed by atoms with van der Waals surface area (Å²) in [5, 5.41) is 3.02. The van der Waals surface area contributed by atoms with Gasteiger partial charge in [-0.15, -0.1) is 0 Å². The molecule has 0 aliphatic heterocycles. The average Bonchev–Trinajstić information content (AvgIpc) is 2.28. The van der Waals surface area contributed by atoms with Gasteiger partial charge in [0.1, 0.15) is 11.6 Å². The third-order valence-electron chi connectivity index (χ3n) is 2.23. The molecule has 0 aliphatic carbocycles. The number of nitrogen functional groups attached to an aromatic ring is 1. The molecule has 0 radical (unpaired) electrons. The van der Waals surface area contributed by atoms with Crippen molar-refractivity contribution in [2.45, 2.75) is 0 Å². The summed E-state index contributed by atoms with van der Waals surface area (Å²) in [6.07, 6.45) is 0. The highest BCUT2D eigenvalue weighted by atomic mass is 35.5. The minimum Gasteiger partial charge on any atom is -0.397 e. The fourth-order valence-electron chi connectivity index (χ4n) is 1.40. The minimum atomic E-state index is -0.578. The van der Waals surface area contributed by atoms with E-state index < -0.39 is 11.6 Å². The van der Waals surface area contributed by atoms with Crippen molar-refractivity contribution in [1.82, 2.24) is 0 Å². The molecule has 0 saturated carbocycles. The van der Waals surface area contributed by atoms with Gasteiger partial charge in [-0.1, -0.05) is 17.7 Å². The Morgan fingerprint density at radius 1 is 1.12 bits per heavy atom. The number of nitrogens with two attached hydrogens (primary N) is 1. The highest BCUT2D eigenvalue weighted by Crippen LogP contribution is 2.31. The van der Waals surface area contributed by atoms with E-state index in [0.29, 0.717) is 16.4 Å². The molecule has 0 bridgehead atoms. The number of halogens is 3. The summed E-state index contributed by atoms with van der Waals surface area (Å²) in [6.45, 7) is 0. The molecule has 0 spiro atoms. The van der Waals surface area contributed by atoms with Crippen molar-refractivity contribution in [2.75, 3.05) is 11.1 Å². The van der Waals surface area contributed by atoms with Crippen molar-refractivity contribution in [3.8, 4) is 0 Å². The summed E-state index contributed by atoms with van der Waals surface area (Å²) in [6, 6.07) is 8.01. The molecule has 2 aromatic rings. The molecule has 17 heavy (non-hydrogen) atoms. The SMILES string of the molecule is Nc1cccc(Cl)c1Nc1cc(F)ccc1F. The number of anilines is 3. The molecule has 0 atom stereocenters. The second kappa shape index (κ2) is 4.59. The lowest BCUT2D eigenvalue weighted by Gasteiger charge is -2.11. The quantitative estimate of drug-likeness (QED) is 0.797. The Morgan fingerprint density at radius 3 is 2.59 bits per heavy atom. The van der Waals surface area contributed by atoms with Crippen LogP contribution in [0.2, 0.25) is 5.02 Å². The maximum Gasteiger partial charge on any atom is 0.146 e. The van der Waals surface area contributed by atoms with Gasteiger partial charge >= 0.3 is 0 Å². The van der Waals surface area contributed by atoms with Crippen molar-refractivity contribution < 1.29 is 8.78 Å². The fourth-order valence-corrected chi connectivity index (χ4v) is 1.63. The van der Waals surface area contributed by atoms with E-state index in [0.717, 1.165) is 18.2 Å². The lowest BCUT2D eigenvalue weighted by Crippen LogP contribution is -1.99. The molecule has 0 amide bonds. The molecule has 5 heteroatoms. The third kappa shape index (κ3) is 2.47. The van der Waals surface area contributed by atoms with Crippen LogP contribution in [0.25, 0.3) is 0 Å². The van der Waals surface area contributed by atoms with Crippen molar-refractivity contribution in [3.63, 3.8) is 0 Å². The Bertz CT molecular complexity index is 538. The topological polar surface area (TPSA) is 38.0 Å². The third-order valence-corrected chi connectivity index (χ3v) is 2.55. The highest BCUT2D eigenvalue weighted by molar-refractivity contribution is 6.34. The highest BCUT2D eigenvalue weighted by Gasteiger charge is 2.08. The predicted molar refractivity (Wildman–Crippen MR) is 65.5 cm³/mol. The molecule has 2 nitrogen and oxygen atoms in total. The summed E-state index contributed by atoms with van der Waals surface area (Å²) in [5.41, 5.74) is 6.41. The Morgan fingerprint density at radius 2 is 1.88 bits per heavy atom. The Hall–Kier alpha value is -1.81. The molecule has 0 saturated heterocycles. The summed E-state index contributed by atoms with van der Waals surface area (Å²) < 4.78 is 26.4. The number of hydrogen-bond acceptors (Lipinski definition) is 2. The summed E-state index contributed by atoms with van der Waals surface area (Å²) in [4.78, 5) is 0. The van der Waals surface area contributed by atoms with Gasteiger partial charge in [-0.2, -0.15) is 0 Å². The molecule has 2 rings (SSSR count). The lowest BCUT2D eigenvalue weighted by atomic mass is 10.2. The van der Waals surface area contributed by atoms with E-state index in [-0.39, 0.29) is 5.69 Å². The molecule has 0 unspecified atom stereocenters. The zero-order valence-corrected chi connectivity index (χ0v) is 9.43. The number of nitrogens with one attached hydrogen (secondary N) is 1. The van der Waals surface area contributed by atoms with Crippen molar-refractivity contribution in [1.29, 1.82) is 0 Å². The first-order valence-corrected chi connectivity index (χ1v) is 5.22. The molecule has 3 N–H and O–H groups in total. The first-order valence-electron chi connectivity index (χ1n) is 4.84. The van der Waals surface area contributed by atoms with Gasteiger partial charge in [0.2, 0.25) is 0 Å². The summed E-state index contributed by atoms with van der Waals surface area (Å²) in [5.74, 6) is -1.12. The number of hydrogen-bond donors (Lipinski definition) is 2. The Balaban J connectivity index is 2.41. The van der Waals surface area contributed by atoms with Crippen LogP contribution in [0.5, 0.6) is 0 Å². The van der Waals surface area contributed by atoms with Crippen LogP contribution in [0.3, 0.4) is 0 Å². The van der Waals surface area contributed by atoms with E-state index in [1.807, 2.05) is 0 Å². The second-order valence-electron chi connectivity index (χ2n) is 3.45. The standard InChI is InChI=1S/C12H9ClF2N2/c13-8-2-1-3-10(16)12(8)17-11-6-7(14)4-5-9(11)15/h1-6,17H,16H2. The molecule has 88 valence electrons. The van der Waals surface area contributed by atoms with E-state index >= 15 is 0 Å². The van der Waals surface area contributed by atoms with E-state index in [2.05, 4.69) is 5.32 Å². The van der Waals surface area contributed by atoms with Gasteiger partial charge < -0.3 is 11.1 Å². The van der Waals surface area contributed by atoms with Crippen LogP contribution in [0.15, 0.2) is 36.4 Å². The van der Waals surface area contributed by atoms with Gasteiger partial charge in [0.15, 0.2) is 0 Å². The van der Waals surface area contributed by atoms with Crippen LogP contribution in [0, 0.1) is 11.6 Å². The lowest BCUT2D eigenvalue weighted by molar-refractivity contribution is 0.603. The Kier molecular flexibility index (Phi) is 3.15. The molecular weight excluding hydrogens is 246 g/mol. The first kappa shape index (κ1) is 11.7. The van der Waals surface area contributed by atoms with Crippen LogP contribution in [0.4, 0.5) is 25.8 Å². The predicted octanol–water partition coefficient (Wildman–Crippen LogP) is 3.94. The van der Waals surface area contributed by atoms with Crippen LogP contribution in [0.1, 0.15) is 0 Å². The summed E-state index contributed by atoms with van der Waals surface area (Å²) in [7, 11) is 0. The Labute approximate surface area is 102 Å². The molecule has 0 fully saturated rings. The zero-order valence-electron chi connectivity index (χ0n) is 8.68. The van der Waals surface area contributed by atoms with Gasteiger partial charge in [-0.05, 0) is 24.3 Å².